The van der Waals surface area contributed by atoms with Crippen molar-refractivity contribution in [2.45, 2.75) is 19.6 Å². The molecule has 0 aliphatic carbocycles. The fraction of sp³-hybridized carbons (Fsp3) is 0.176. The molecule has 0 radical (unpaired) electrons. The number of hydrogen-bond donors (Lipinski definition) is 1. The Morgan fingerprint density at radius 2 is 1.86 bits per heavy atom. The molecule has 0 bridgehead atoms. The summed E-state index contributed by atoms with van der Waals surface area (Å²) in [5, 5.41) is 10.0. The summed E-state index contributed by atoms with van der Waals surface area (Å²) in [5.74, 6) is -3.58. The predicted octanol–water partition coefficient (Wildman–Crippen LogP) is 3.87. The van der Waals surface area contributed by atoms with Crippen LogP contribution in [0.2, 0.25) is 0 Å². The van der Waals surface area contributed by atoms with Crippen LogP contribution < -0.4 is 0 Å². The number of aromatic nitrogens is 6. The number of nitrogens with one attached hydrogen (secondary N) is 1. The molecule has 11 heteroatoms. The smallest absolute Gasteiger partial charge is 0.255 e. The van der Waals surface area contributed by atoms with Crippen molar-refractivity contribution in [2.24, 2.45) is 0 Å². The number of nitrogens with zero attached hydrogens (tertiary/aromatic N) is 5. The van der Waals surface area contributed by atoms with Crippen molar-refractivity contribution < 1.29 is 22.0 Å². The number of alkyl halides is 3. The lowest BCUT2D eigenvalue weighted by Gasteiger charge is -2.05. The molecule has 0 aliphatic rings. The molecule has 0 spiro atoms. The van der Waals surface area contributed by atoms with Crippen LogP contribution in [0.5, 0.6) is 0 Å². The van der Waals surface area contributed by atoms with E-state index in [1.807, 2.05) is 5.10 Å². The van der Waals surface area contributed by atoms with Gasteiger partial charge in [-0.2, -0.15) is 23.4 Å². The minimum absolute atomic E-state index is 0.0187. The van der Waals surface area contributed by atoms with Crippen molar-refractivity contribution in [3.8, 4) is 11.5 Å². The van der Waals surface area contributed by atoms with Gasteiger partial charge in [-0.1, -0.05) is 12.1 Å². The van der Waals surface area contributed by atoms with Crippen LogP contribution >= 0.6 is 0 Å². The molecule has 0 amide bonds. The zero-order valence-corrected chi connectivity index (χ0v) is 14.2. The molecule has 28 heavy (non-hydrogen) atoms. The first-order valence-corrected chi connectivity index (χ1v) is 8.01. The molecule has 0 atom stereocenters. The molecule has 144 valence electrons. The average molecular weight is 394 g/mol. The minimum Gasteiger partial charge on any atom is -0.255 e. The Morgan fingerprint density at radius 1 is 1.07 bits per heavy atom. The summed E-state index contributed by atoms with van der Waals surface area (Å²) in [6.07, 6.45) is -4.69. The highest BCUT2D eigenvalue weighted by Crippen LogP contribution is 2.30. The molecular weight excluding hydrogens is 383 g/mol. The second-order valence-electron chi connectivity index (χ2n) is 6.05. The third-order valence-corrected chi connectivity index (χ3v) is 4.05. The molecule has 1 aromatic carbocycles. The van der Waals surface area contributed by atoms with E-state index < -0.39 is 23.6 Å². The normalized spacial score (nSPS) is 12.1. The minimum atomic E-state index is -4.69. The van der Waals surface area contributed by atoms with Crippen molar-refractivity contribution in [3.05, 3.63) is 59.0 Å². The number of aromatic amines is 1. The van der Waals surface area contributed by atoms with Gasteiger partial charge in [-0.15, -0.1) is 0 Å². The maximum absolute atomic E-state index is 14.0. The summed E-state index contributed by atoms with van der Waals surface area (Å²) < 4.78 is 67.2. The topological polar surface area (TPSA) is 72.3 Å². The van der Waals surface area contributed by atoms with Gasteiger partial charge in [-0.25, -0.2) is 23.4 Å². The lowest BCUT2D eigenvalue weighted by molar-refractivity contribution is -0.144. The van der Waals surface area contributed by atoms with Gasteiger partial charge in [0.2, 0.25) is 11.6 Å². The molecule has 1 N–H and O–H groups in total. The Bertz CT molecular complexity index is 1180. The standard InChI is InChI=1S/C17H11F5N6/c1-8-5-6-10-13(14-24-16(26-25-14)17(20,21)22)27-28(15(10)23-8)7-9-3-2-4-11(18)12(9)19/h2-6H,7H2,1H3,(H,24,25,26). The first-order chi connectivity index (χ1) is 13.2. The SMILES string of the molecule is Cc1ccc2c(-c3n[nH]c(C(F)(F)F)n3)nn(Cc3cccc(F)c3F)c2n1. The van der Waals surface area contributed by atoms with Gasteiger partial charge in [0.25, 0.3) is 0 Å². The van der Waals surface area contributed by atoms with E-state index in [-0.39, 0.29) is 29.3 Å². The van der Waals surface area contributed by atoms with E-state index in [0.717, 1.165) is 6.07 Å². The maximum atomic E-state index is 14.0. The number of hydrogen-bond acceptors (Lipinski definition) is 4. The highest BCUT2D eigenvalue weighted by Gasteiger charge is 2.36. The van der Waals surface area contributed by atoms with Crippen LogP contribution in [0.25, 0.3) is 22.6 Å². The van der Waals surface area contributed by atoms with Crippen molar-refractivity contribution in [1.82, 2.24) is 29.9 Å². The van der Waals surface area contributed by atoms with Gasteiger partial charge in [-0.05, 0) is 25.1 Å². The number of halogens is 5. The number of pyridine rings is 1. The molecule has 0 saturated carbocycles. The highest BCUT2D eigenvalue weighted by molar-refractivity contribution is 5.89. The largest absolute Gasteiger partial charge is 0.451 e. The first-order valence-electron chi connectivity index (χ1n) is 8.01. The van der Waals surface area contributed by atoms with Gasteiger partial charge in [0.05, 0.1) is 11.9 Å². The molecule has 6 nitrogen and oxygen atoms in total. The van der Waals surface area contributed by atoms with E-state index in [0.29, 0.717) is 11.1 Å². The Balaban J connectivity index is 1.85. The van der Waals surface area contributed by atoms with Crippen LogP contribution in [0.1, 0.15) is 17.1 Å². The molecule has 3 aromatic heterocycles. The Hall–Kier alpha value is -3.37. The maximum Gasteiger partial charge on any atom is 0.451 e. The average Bonchev–Trinajstić information content (AvgIpc) is 3.24. The van der Waals surface area contributed by atoms with E-state index in [2.05, 4.69) is 20.2 Å². The molecule has 0 saturated heterocycles. The molecule has 0 fully saturated rings. The van der Waals surface area contributed by atoms with Gasteiger partial charge in [0, 0.05) is 11.3 Å². The van der Waals surface area contributed by atoms with Crippen LogP contribution in [0.4, 0.5) is 22.0 Å². The zero-order valence-electron chi connectivity index (χ0n) is 14.2. The van der Waals surface area contributed by atoms with E-state index in [1.165, 1.54) is 16.8 Å². The van der Waals surface area contributed by atoms with Gasteiger partial charge >= 0.3 is 6.18 Å². The van der Waals surface area contributed by atoms with Crippen LogP contribution in [0.15, 0.2) is 30.3 Å². The molecule has 3 heterocycles. The summed E-state index contributed by atoms with van der Waals surface area (Å²) in [5.41, 5.74) is 0.971. The molecule has 4 rings (SSSR count). The van der Waals surface area contributed by atoms with Gasteiger partial charge in [0.1, 0.15) is 5.69 Å². The Morgan fingerprint density at radius 3 is 2.57 bits per heavy atom. The van der Waals surface area contributed by atoms with Crippen LogP contribution in [-0.4, -0.2) is 29.9 Å². The Kier molecular flexibility index (Phi) is 4.09. The monoisotopic (exact) mass is 394 g/mol. The van der Waals surface area contributed by atoms with E-state index in [9.17, 15) is 22.0 Å². The summed E-state index contributed by atoms with van der Waals surface area (Å²) in [6.45, 7) is 1.54. The van der Waals surface area contributed by atoms with Crippen LogP contribution in [0.3, 0.4) is 0 Å². The van der Waals surface area contributed by atoms with Gasteiger partial charge in [0.15, 0.2) is 17.3 Å². The molecule has 4 aromatic rings. The number of benzene rings is 1. The molecule has 0 aliphatic heterocycles. The van der Waals surface area contributed by atoms with E-state index in [1.54, 1.807) is 19.1 Å². The third-order valence-electron chi connectivity index (χ3n) is 4.05. The van der Waals surface area contributed by atoms with Crippen LogP contribution in [-0.2, 0) is 12.7 Å². The summed E-state index contributed by atoms with van der Waals surface area (Å²) >= 11 is 0. The Labute approximate surface area is 154 Å². The number of aryl methyl sites for hydroxylation is 1. The lowest BCUT2D eigenvalue weighted by atomic mass is 10.2. The summed E-state index contributed by atoms with van der Waals surface area (Å²) in [7, 11) is 0. The number of H-pyrrole nitrogens is 1. The number of rotatable bonds is 3. The van der Waals surface area contributed by atoms with E-state index >= 15 is 0 Å². The molecular formula is C17H11F5N6. The highest BCUT2D eigenvalue weighted by atomic mass is 19.4. The fourth-order valence-electron chi connectivity index (χ4n) is 2.75. The van der Waals surface area contributed by atoms with E-state index in [4.69, 9.17) is 0 Å². The second kappa shape index (κ2) is 6.36. The third kappa shape index (κ3) is 3.08. The van der Waals surface area contributed by atoms with Crippen molar-refractivity contribution in [1.29, 1.82) is 0 Å². The van der Waals surface area contributed by atoms with Gasteiger partial charge in [-0.3, -0.25) is 5.10 Å². The predicted molar refractivity (Wildman–Crippen MR) is 88.1 cm³/mol. The van der Waals surface area contributed by atoms with Crippen molar-refractivity contribution in [2.75, 3.05) is 0 Å². The first kappa shape index (κ1) is 18.0. The van der Waals surface area contributed by atoms with Crippen LogP contribution in [0, 0.1) is 18.6 Å². The quantitative estimate of drug-likeness (QED) is 0.536. The lowest BCUT2D eigenvalue weighted by Crippen LogP contribution is -2.07. The van der Waals surface area contributed by atoms with Crippen molar-refractivity contribution >= 4 is 11.0 Å². The summed E-state index contributed by atoms with van der Waals surface area (Å²) in [6, 6.07) is 6.99. The zero-order chi connectivity index (χ0) is 20.1. The number of fused-ring (bicyclic) bond motifs is 1. The fourth-order valence-corrected chi connectivity index (χ4v) is 2.75. The molecule has 0 unspecified atom stereocenters. The summed E-state index contributed by atoms with van der Waals surface area (Å²) in [4.78, 5) is 7.77. The van der Waals surface area contributed by atoms with Gasteiger partial charge < -0.3 is 0 Å². The second-order valence-corrected chi connectivity index (χ2v) is 6.05. The van der Waals surface area contributed by atoms with Crippen molar-refractivity contribution in [3.63, 3.8) is 0 Å².